The molecule has 192 valence electrons. The number of nitrogens with zero attached hydrogens (tertiary/aromatic N) is 1. The summed E-state index contributed by atoms with van der Waals surface area (Å²) in [4.78, 5) is 13.2. The summed E-state index contributed by atoms with van der Waals surface area (Å²) in [5.74, 6) is -3.03. The van der Waals surface area contributed by atoms with Crippen LogP contribution in [0.4, 0.5) is 26.3 Å². The van der Waals surface area contributed by atoms with Gasteiger partial charge in [-0.1, -0.05) is 18.2 Å². The molecule has 2 aromatic carbocycles. The van der Waals surface area contributed by atoms with E-state index in [1.54, 1.807) is 12.1 Å². The third-order valence-electron chi connectivity index (χ3n) is 7.10. The van der Waals surface area contributed by atoms with Crippen molar-refractivity contribution in [2.24, 2.45) is 11.8 Å². The standard InChI is InChI=1S/C25H27F6NO3/c26-24(27,28)18-4-6-19(7-5-18)35-21-8-3-16-2-1-15(13-20(16)22(21)25(29,30)31)14-32-11-9-17(10-12-32)23(33)34/h1-3,8,13,17-19H,4-7,9-12,14H2,(H,33,34). The smallest absolute Gasteiger partial charge is 0.420 e. The van der Waals surface area contributed by atoms with E-state index in [1.807, 2.05) is 4.90 Å². The second kappa shape index (κ2) is 9.87. The number of carboxylic acids is 1. The van der Waals surface area contributed by atoms with E-state index in [-0.39, 0.29) is 36.8 Å². The molecule has 0 aromatic heterocycles. The topological polar surface area (TPSA) is 49.8 Å². The highest BCUT2D eigenvalue weighted by Gasteiger charge is 2.42. The quantitative estimate of drug-likeness (QED) is 0.464. The summed E-state index contributed by atoms with van der Waals surface area (Å²) < 4.78 is 86.9. The molecule has 2 fully saturated rings. The Morgan fingerprint density at radius 1 is 0.943 bits per heavy atom. The molecular formula is C25H27F6NO3. The van der Waals surface area contributed by atoms with Crippen molar-refractivity contribution in [1.29, 1.82) is 0 Å². The maximum atomic E-state index is 14.2. The van der Waals surface area contributed by atoms with Crippen molar-refractivity contribution in [1.82, 2.24) is 4.90 Å². The number of hydrogen-bond acceptors (Lipinski definition) is 3. The van der Waals surface area contributed by atoms with Gasteiger partial charge >= 0.3 is 18.3 Å². The van der Waals surface area contributed by atoms with E-state index in [4.69, 9.17) is 9.84 Å². The van der Waals surface area contributed by atoms with Gasteiger partial charge in [-0.3, -0.25) is 9.69 Å². The number of hydrogen-bond donors (Lipinski definition) is 1. The monoisotopic (exact) mass is 503 g/mol. The zero-order valence-corrected chi connectivity index (χ0v) is 19.0. The van der Waals surface area contributed by atoms with Crippen molar-refractivity contribution < 1.29 is 41.0 Å². The summed E-state index contributed by atoms with van der Waals surface area (Å²) in [6.07, 6.45) is -8.96. The fourth-order valence-electron chi connectivity index (χ4n) is 5.12. The Bertz CT molecular complexity index is 1050. The molecule has 10 heteroatoms. The highest BCUT2D eigenvalue weighted by Crippen LogP contribution is 2.44. The van der Waals surface area contributed by atoms with Crippen LogP contribution in [0.1, 0.15) is 49.7 Å². The van der Waals surface area contributed by atoms with Crippen LogP contribution in [-0.2, 0) is 17.5 Å². The third-order valence-corrected chi connectivity index (χ3v) is 7.10. The van der Waals surface area contributed by atoms with E-state index in [0.29, 0.717) is 43.4 Å². The van der Waals surface area contributed by atoms with Gasteiger partial charge in [0.05, 0.1) is 17.9 Å². The van der Waals surface area contributed by atoms with Crippen LogP contribution in [0.25, 0.3) is 10.8 Å². The van der Waals surface area contributed by atoms with E-state index in [1.165, 1.54) is 18.2 Å². The van der Waals surface area contributed by atoms with Crippen LogP contribution in [0.3, 0.4) is 0 Å². The predicted octanol–water partition coefficient (Wildman–Crippen LogP) is 6.66. The first-order valence-electron chi connectivity index (χ1n) is 11.7. The first kappa shape index (κ1) is 25.6. The molecule has 1 aliphatic heterocycles. The molecule has 0 radical (unpaired) electrons. The highest BCUT2D eigenvalue weighted by atomic mass is 19.4. The Morgan fingerprint density at radius 3 is 2.14 bits per heavy atom. The van der Waals surface area contributed by atoms with Crippen molar-refractivity contribution in [2.45, 2.75) is 63.5 Å². The number of ether oxygens (including phenoxy) is 1. The molecule has 1 heterocycles. The van der Waals surface area contributed by atoms with E-state index in [2.05, 4.69) is 0 Å². The zero-order valence-electron chi connectivity index (χ0n) is 19.0. The lowest BCUT2D eigenvalue weighted by molar-refractivity contribution is -0.185. The van der Waals surface area contributed by atoms with Crippen molar-refractivity contribution >= 4 is 16.7 Å². The van der Waals surface area contributed by atoms with E-state index < -0.39 is 41.8 Å². The largest absolute Gasteiger partial charge is 0.490 e. The van der Waals surface area contributed by atoms with Gasteiger partial charge in [-0.2, -0.15) is 26.3 Å². The molecule has 4 rings (SSSR count). The van der Waals surface area contributed by atoms with E-state index >= 15 is 0 Å². The number of carbonyl (C=O) groups is 1. The number of piperidine rings is 1. The molecule has 1 saturated heterocycles. The van der Waals surface area contributed by atoms with Gasteiger partial charge in [0, 0.05) is 6.54 Å². The minimum absolute atomic E-state index is 0.0168. The first-order valence-corrected chi connectivity index (χ1v) is 11.7. The molecule has 0 unspecified atom stereocenters. The summed E-state index contributed by atoms with van der Waals surface area (Å²) in [5, 5.41) is 9.52. The van der Waals surface area contributed by atoms with Gasteiger partial charge < -0.3 is 9.84 Å². The van der Waals surface area contributed by atoms with Gasteiger partial charge in [0.25, 0.3) is 0 Å². The van der Waals surface area contributed by atoms with Crippen LogP contribution in [-0.4, -0.2) is 41.3 Å². The Morgan fingerprint density at radius 2 is 1.57 bits per heavy atom. The predicted molar refractivity (Wildman–Crippen MR) is 117 cm³/mol. The van der Waals surface area contributed by atoms with Gasteiger partial charge in [-0.15, -0.1) is 0 Å². The van der Waals surface area contributed by atoms with Gasteiger partial charge in [0.15, 0.2) is 0 Å². The SMILES string of the molecule is O=C(O)C1CCN(Cc2ccc3ccc(OC4CCC(C(F)(F)F)CC4)c(C(F)(F)F)c3c2)CC1. The minimum atomic E-state index is -4.71. The molecule has 35 heavy (non-hydrogen) atoms. The number of benzene rings is 2. The van der Waals surface area contributed by atoms with Crippen molar-refractivity contribution in [3.05, 3.63) is 41.5 Å². The Balaban J connectivity index is 1.55. The number of fused-ring (bicyclic) bond motifs is 1. The molecule has 1 saturated carbocycles. The molecule has 0 amide bonds. The van der Waals surface area contributed by atoms with Crippen molar-refractivity contribution in [3.8, 4) is 5.75 Å². The van der Waals surface area contributed by atoms with Crippen LogP contribution in [0.2, 0.25) is 0 Å². The maximum Gasteiger partial charge on any atom is 0.420 e. The summed E-state index contributed by atoms with van der Waals surface area (Å²) in [6, 6.07) is 7.63. The molecule has 1 aliphatic carbocycles. The molecule has 2 aliphatic rings. The normalized spacial score (nSPS) is 22.9. The summed E-state index contributed by atoms with van der Waals surface area (Å²) >= 11 is 0. The molecule has 0 spiro atoms. The van der Waals surface area contributed by atoms with Gasteiger partial charge in [-0.05, 0) is 80.1 Å². The second-order valence-corrected chi connectivity index (χ2v) is 9.51. The van der Waals surface area contributed by atoms with Crippen LogP contribution >= 0.6 is 0 Å². The summed E-state index contributed by atoms with van der Waals surface area (Å²) in [6.45, 7) is 1.49. The third kappa shape index (κ3) is 6.02. The average Bonchev–Trinajstić information content (AvgIpc) is 2.78. The fourth-order valence-corrected chi connectivity index (χ4v) is 5.12. The Labute approximate surface area is 198 Å². The molecule has 1 N–H and O–H groups in total. The lowest BCUT2D eigenvalue weighted by Gasteiger charge is -2.31. The van der Waals surface area contributed by atoms with Crippen LogP contribution in [0.15, 0.2) is 30.3 Å². The van der Waals surface area contributed by atoms with Crippen LogP contribution in [0, 0.1) is 11.8 Å². The van der Waals surface area contributed by atoms with Crippen LogP contribution in [0.5, 0.6) is 5.75 Å². The number of carboxylic acid groups (broad SMARTS) is 1. The number of aliphatic carboxylic acids is 1. The zero-order chi connectivity index (χ0) is 25.4. The summed E-state index contributed by atoms with van der Waals surface area (Å²) in [5.41, 5.74) is -0.251. The molecule has 4 nitrogen and oxygen atoms in total. The van der Waals surface area contributed by atoms with Crippen molar-refractivity contribution in [3.63, 3.8) is 0 Å². The van der Waals surface area contributed by atoms with Gasteiger partial charge in [0.1, 0.15) is 11.3 Å². The average molecular weight is 503 g/mol. The fraction of sp³-hybridized carbons (Fsp3) is 0.560. The highest BCUT2D eigenvalue weighted by molar-refractivity contribution is 5.89. The molecule has 2 aromatic rings. The Hall–Kier alpha value is -2.49. The molecule has 0 atom stereocenters. The number of alkyl halides is 6. The second-order valence-electron chi connectivity index (χ2n) is 9.51. The van der Waals surface area contributed by atoms with E-state index in [0.717, 1.165) is 0 Å². The van der Waals surface area contributed by atoms with Gasteiger partial charge in [0.2, 0.25) is 0 Å². The number of likely N-dealkylation sites (tertiary alicyclic amines) is 1. The Kier molecular flexibility index (Phi) is 7.22. The lowest BCUT2D eigenvalue weighted by atomic mass is 9.87. The maximum absolute atomic E-state index is 14.2. The first-order chi connectivity index (χ1) is 16.4. The lowest BCUT2D eigenvalue weighted by Crippen LogP contribution is -2.35. The molecule has 0 bridgehead atoms. The minimum Gasteiger partial charge on any atom is -0.490 e. The van der Waals surface area contributed by atoms with Crippen molar-refractivity contribution in [2.75, 3.05) is 13.1 Å². The van der Waals surface area contributed by atoms with E-state index in [9.17, 15) is 31.1 Å². The van der Waals surface area contributed by atoms with Gasteiger partial charge in [-0.25, -0.2) is 0 Å². The number of rotatable bonds is 5. The molecular weight excluding hydrogens is 476 g/mol. The van der Waals surface area contributed by atoms with Crippen LogP contribution < -0.4 is 4.74 Å². The number of halogens is 6. The summed E-state index contributed by atoms with van der Waals surface area (Å²) in [7, 11) is 0.